The number of fused-ring (bicyclic) bond motifs is 1. The molecule has 1 amide bonds. The van der Waals surface area contributed by atoms with Gasteiger partial charge in [0.25, 0.3) is 5.91 Å². The van der Waals surface area contributed by atoms with Crippen molar-refractivity contribution in [2.45, 2.75) is 30.7 Å². The van der Waals surface area contributed by atoms with Crippen LogP contribution in [0.1, 0.15) is 30.4 Å². The highest BCUT2D eigenvalue weighted by molar-refractivity contribution is 8.26. The lowest BCUT2D eigenvalue weighted by molar-refractivity contribution is -0.122. The number of hydrogen-bond donors (Lipinski definition) is 0. The zero-order valence-corrected chi connectivity index (χ0v) is 26.0. The van der Waals surface area contributed by atoms with E-state index < -0.39 is 10.0 Å². The molecular formula is C32H28N4O5S3. The first kappa shape index (κ1) is 28.8. The SMILES string of the molecule is O=C1C(=Cc2cn(-c3ccccc3)nc2-c2cccc(S(=O)(=O)N3CCCCC3)c2)SC(=S)N1Cc1ccc2c(c1)OCO2. The van der Waals surface area contributed by atoms with Crippen molar-refractivity contribution in [3.8, 4) is 28.4 Å². The predicted octanol–water partition coefficient (Wildman–Crippen LogP) is 5.84. The standard InChI is InChI=1S/C32H28N4O5S3/c37-31-29(43-32(42)35(31)19-22-12-13-27-28(16-22)41-21-40-27)18-24-20-36(25-9-3-1-4-10-25)33-30(24)23-8-7-11-26(17-23)44(38,39)34-14-5-2-6-15-34/h1,3-4,7-13,16-18,20H,2,5-6,14-15,19,21H2. The second-order valence-electron chi connectivity index (χ2n) is 10.7. The summed E-state index contributed by atoms with van der Waals surface area (Å²) < 4.78 is 41.6. The van der Waals surface area contributed by atoms with Gasteiger partial charge in [-0.1, -0.05) is 66.8 Å². The molecule has 2 saturated heterocycles. The van der Waals surface area contributed by atoms with E-state index in [0.717, 1.165) is 30.5 Å². The molecular weight excluding hydrogens is 617 g/mol. The summed E-state index contributed by atoms with van der Waals surface area (Å²) in [6.07, 6.45) is 6.39. The van der Waals surface area contributed by atoms with Crippen molar-refractivity contribution < 1.29 is 22.7 Å². The van der Waals surface area contributed by atoms with Gasteiger partial charge in [-0.3, -0.25) is 9.69 Å². The molecule has 7 rings (SSSR count). The van der Waals surface area contributed by atoms with Gasteiger partial charge in [0.1, 0.15) is 10.0 Å². The van der Waals surface area contributed by atoms with Gasteiger partial charge in [-0.15, -0.1) is 0 Å². The third kappa shape index (κ3) is 5.54. The van der Waals surface area contributed by atoms with Crippen LogP contribution in [0.5, 0.6) is 11.5 Å². The van der Waals surface area contributed by atoms with Crippen LogP contribution in [0.2, 0.25) is 0 Å². The number of sulfonamides is 1. The van der Waals surface area contributed by atoms with Gasteiger partial charge >= 0.3 is 0 Å². The topological polar surface area (TPSA) is 94.0 Å². The number of thioether (sulfide) groups is 1. The molecule has 0 unspecified atom stereocenters. The van der Waals surface area contributed by atoms with Crippen molar-refractivity contribution in [3.05, 3.63) is 95.0 Å². The van der Waals surface area contributed by atoms with Crippen LogP contribution in [0, 0.1) is 0 Å². The molecule has 3 aromatic carbocycles. The number of hydrogen-bond acceptors (Lipinski definition) is 8. The second-order valence-corrected chi connectivity index (χ2v) is 14.3. The maximum absolute atomic E-state index is 13.6. The van der Waals surface area contributed by atoms with Gasteiger partial charge in [-0.2, -0.15) is 9.40 Å². The second kappa shape index (κ2) is 11.8. The van der Waals surface area contributed by atoms with Crippen LogP contribution in [0.3, 0.4) is 0 Å². The van der Waals surface area contributed by atoms with Crippen LogP contribution in [0.4, 0.5) is 0 Å². The quantitative estimate of drug-likeness (QED) is 0.183. The highest BCUT2D eigenvalue weighted by Crippen LogP contribution is 2.38. The number of ether oxygens (including phenoxy) is 2. The molecule has 224 valence electrons. The first-order chi connectivity index (χ1) is 21.4. The molecule has 0 spiro atoms. The zero-order valence-electron chi connectivity index (χ0n) is 23.6. The number of rotatable bonds is 7. The number of aromatic nitrogens is 2. The van der Waals surface area contributed by atoms with Gasteiger partial charge in [-0.05, 0) is 60.9 Å². The Balaban J connectivity index is 1.24. The van der Waals surface area contributed by atoms with Gasteiger partial charge in [0, 0.05) is 30.4 Å². The Morgan fingerprint density at radius 2 is 1.73 bits per heavy atom. The van der Waals surface area contributed by atoms with Crippen LogP contribution in [0.25, 0.3) is 23.0 Å². The fourth-order valence-electron chi connectivity index (χ4n) is 5.49. The average Bonchev–Trinajstić information content (AvgIpc) is 3.77. The first-order valence-corrected chi connectivity index (χ1v) is 16.9. The number of para-hydroxylation sites is 1. The Labute approximate surface area is 265 Å². The highest BCUT2D eigenvalue weighted by Gasteiger charge is 2.33. The molecule has 4 heterocycles. The van der Waals surface area contributed by atoms with Gasteiger partial charge in [0.15, 0.2) is 11.5 Å². The molecule has 3 aliphatic rings. The molecule has 0 atom stereocenters. The lowest BCUT2D eigenvalue weighted by Crippen LogP contribution is -2.35. The van der Waals surface area contributed by atoms with E-state index in [1.807, 2.05) is 60.8 Å². The van der Waals surface area contributed by atoms with Crippen LogP contribution < -0.4 is 9.47 Å². The fraction of sp³-hybridized carbons (Fsp3) is 0.219. The van der Waals surface area contributed by atoms with Gasteiger partial charge in [-0.25, -0.2) is 13.1 Å². The molecule has 4 aromatic rings. The molecule has 9 nitrogen and oxygen atoms in total. The molecule has 0 aliphatic carbocycles. The number of carbonyl (C=O) groups excluding carboxylic acids is 1. The smallest absolute Gasteiger partial charge is 0.266 e. The van der Waals surface area contributed by atoms with Crippen molar-refractivity contribution >= 4 is 50.3 Å². The minimum atomic E-state index is -3.65. The number of thiocarbonyl (C=S) groups is 1. The Bertz CT molecular complexity index is 1900. The third-order valence-electron chi connectivity index (χ3n) is 7.76. The largest absolute Gasteiger partial charge is 0.454 e. The highest BCUT2D eigenvalue weighted by atomic mass is 32.2. The van der Waals surface area contributed by atoms with Crippen LogP contribution in [-0.2, 0) is 21.4 Å². The Morgan fingerprint density at radius 3 is 2.55 bits per heavy atom. The normalized spacial score (nSPS) is 18.0. The van der Waals surface area contributed by atoms with Crippen molar-refractivity contribution in [3.63, 3.8) is 0 Å². The molecule has 0 radical (unpaired) electrons. The third-order valence-corrected chi connectivity index (χ3v) is 11.0. The van der Waals surface area contributed by atoms with E-state index in [2.05, 4.69) is 0 Å². The maximum Gasteiger partial charge on any atom is 0.266 e. The summed E-state index contributed by atoms with van der Waals surface area (Å²) in [5.41, 5.74) is 3.58. The first-order valence-electron chi connectivity index (χ1n) is 14.3. The lowest BCUT2D eigenvalue weighted by atomic mass is 10.1. The Kier molecular flexibility index (Phi) is 7.75. The molecule has 2 fully saturated rings. The minimum absolute atomic E-state index is 0.175. The summed E-state index contributed by atoms with van der Waals surface area (Å²) >= 11 is 6.85. The summed E-state index contributed by atoms with van der Waals surface area (Å²) in [5, 5.41) is 4.86. The fourth-order valence-corrected chi connectivity index (χ4v) is 8.30. The minimum Gasteiger partial charge on any atom is -0.454 e. The Hall–Kier alpha value is -3.97. The number of piperidine rings is 1. The summed E-state index contributed by atoms with van der Waals surface area (Å²) in [6, 6.07) is 22.1. The van der Waals surface area contributed by atoms with Crippen LogP contribution >= 0.6 is 24.0 Å². The van der Waals surface area contributed by atoms with E-state index in [1.165, 1.54) is 11.8 Å². The number of carbonyl (C=O) groups is 1. The molecule has 0 saturated carbocycles. The molecule has 3 aliphatic heterocycles. The van der Waals surface area contributed by atoms with E-state index in [0.29, 0.717) is 57.2 Å². The summed E-state index contributed by atoms with van der Waals surface area (Å²) in [5.74, 6) is 1.11. The van der Waals surface area contributed by atoms with E-state index in [1.54, 1.807) is 38.2 Å². The molecule has 12 heteroatoms. The van der Waals surface area contributed by atoms with Gasteiger partial charge in [0.2, 0.25) is 16.8 Å². The van der Waals surface area contributed by atoms with Crippen LogP contribution in [-0.4, -0.2) is 57.5 Å². The van der Waals surface area contributed by atoms with Gasteiger partial charge < -0.3 is 9.47 Å². The van der Waals surface area contributed by atoms with Crippen LogP contribution in [0.15, 0.2) is 88.8 Å². The summed E-state index contributed by atoms with van der Waals surface area (Å²) in [6.45, 7) is 1.52. The van der Waals surface area contributed by atoms with E-state index in [9.17, 15) is 13.2 Å². The van der Waals surface area contributed by atoms with Crippen molar-refractivity contribution in [2.75, 3.05) is 19.9 Å². The number of amides is 1. The van der Waals surface area contributed by atoms with Crippen molar-refractivity contribution in [2.24, 2.45) is 0 Å². The van der Waals surface area contributed by atoms with E-state index >= 15 is 0 Å². The summed E-state index contributed by atoms with van der Waals surface area (Å²) in [4.78, 5) is 15.9. The monoisotopic (exact) mass is 644 g/mol. The molecule has 0 N–H and O–H groups in total. The van der Waals surface area contributed by atoms with E-state index in [-0.39, 0.29) is 17.6 Å². The number of benzene rings is 3. The predicted molar refractivity (Wildman–Crippen MR) is 173 cm³/mol. The zero-order chi connectivity index (χ0) is 30.3. The lowest BCUT2D eigenvalue weighted by Gasteiger charge is -2.26. The molecule has 1 aromatic heterocycles. The molecule has 44 heavy (non-hydrogen) atoms. The van der Waals surface area contributed by atoms with Crippen molar-refractivity contribution in [1.82, 2.24) is 19.0 Å². The van der Waals surface area contributed by atoms with Gasteiger partial charge in [0.05, 0.1) is 22.0 Å². The number of nitrogens with zero attached hydrogens (tertiary/aromatic N) is 4. The summed E-state index contributed by atoms with van der Waals surface area (Å²) in [7, 11) is -3.65. The Morgan fingerprint density at radius 1 is 0.932 bits per heavy atom. The maximum atomic E-state index is 13.6. The van der Waals surface area contributed by atoms with E-state index in [4.69, 9.17) is 26.8 Å². The van der Waals surface area contributed by atoms with Crippen molar-refractivity contribution in [1.29, 1.82) is 0 Å². The molecule has 0 bridgehead atoms. The average molecular weight is 645 g/mol.